The van der Waals surface area contributed by atoms with Crippen molar-refractivity contribution in [3.63, 3.8) is 0 Å². The van der Waals surface area contributed by atoms with Crippen LogP contribution < -0.4 is 10.5 Å². The van der Waals surface area contributed by atoms with E-state index in [9.17, 15) is 4.39 Å². The SMILES string of the molecule is COc1cc(Sc2cccs2)c(N)cc1F. The molecule has 0 amide bonds. The van der Waals surface area contributed by atoms with Crippen molar-refractivity contribution < 1.29 is 9.13 Å². The van der Waals surface area contributed by atoms with Crippen LogP contribution in [0.2, 0.25) is 0 Å². The number of anilines is 1. The Morgan fingerprint density at radius 3 is 2.88 bits per heavy atom. The van der Waals surface area contributed by atoms with Crippen LogP contribution in [0, 0.1) is 5.82 Å². The summed E-state index contributed by atoms with van der Waals surface area (Å²) in [5.41, 5.74) is 6.18. The maximum absolute atomic E-state index is 13.3. The molecule has 0 saturated heterocycles. The van der Waals surface area contributed by atoms with E-state index in [4.69, 9.17) is 10.5 Å². The van der Waals surface area contributed by atoms with Crippen LogP contribution >= 0.6 is 23.1 Å². The molecule has 2 N–H and O–H groups in total. The number of halogens is 1. The molecular formula is C11H10FNOS2. The predicted octanol–water partition coefficient (Wildman–Crippen LogP) is 3.63. The number of hydrogen-bond acceptors (Lipinski definition) is 4. The minimum Gasteiger partial charge on any atom is -0.494 e. The van der Waals surface area contributed by atoms with Crippen molar-refractivity contribution in [2.75, 3.05) is 12.8 Å². The van der Waals surface area contributed by atoms with Gasteiger partial charge < -0.3 is 10.5 Å². The minimum atomic E-state index is -0.435. The van der Waals surface area contributed by atoms with Crippen molar-refractivity contribution in [2.45, 2.75) is 9.10 Å². The highest BCUT2D eigenvalue weighted by atomic mass is 32.2. The molecule has 0 radical (unpaired) electrons. The molecule has 0 aliphatic heterocycles. The number of rotatable bonds is 3. The molecule has 2 aromatic rings. The van der Waals surface area contributed by atoms with Gasteiger partial charge in [0.15, 0.2) is 11.6 Å². The summed E-state index contributed by atoms with van der Waals surface area (Å²) >= 11 is 3.12. The van der Waals surface area contributed by atoms with Crippen molar-refractivity contribution in [3.05, 3.63) is 35.5 Å². The van der Waals surface area contributed by atoms with E-state index in [-0.39, 0.29) is 5.75 Å². The fourth-order valence-electron chi connectivity index (χ4n) is 1.22. The molecule has 16 heavy (non-hydrogen) atoms. The van der Waals surface area contributed by atoms with Crippen molar-refractivity contribution in [1.82, 2.24) is 0 Å². The Morgan fingerprint density at radius 1 is 1.44 bits per heavy atom. The zero-order valence-corrected chi connectivity index (χ0v) is 10.2. The fraction of sp³-hybridized carbons (Fsp3) is 0.0909. The highest BCUT2D eigenvalue weighted by Crippen LogP contribution is 2.37. The fourth-order valence-corrected chi connectivity index (χ4v) is 3.01. The normalized spacial score (nSPS) is 10.4. The zero-order valence-electron chi connectivity index (χ0n) is 8.57. The largest absolute Gasteiger partial charge is 0.494 e. The quantitative estimate of drug-likeness (QED) is 0.851. The molecule has 0 atom stereocenters. The van der Waals surface area contributed by atoms with E-state index in [1.54, 1.807) is 17.4 Å². The first-order valence-electron chi connectivity index (χ1n) is 4.55. The lowest BCUT2D eigenvalue weighted by atomic mass is 10.3. The zero-order chi connectivity index (χ0) is 11.5. The summed E-state index contributed by atoms with van der Waals surface area (Å²) in [5.74, 6) is -0.219. The van der Waals surface area contributed by atoms with E-state index < -0.39 is 5.82 Å². The van der Waals surface area contributed by atoms with Gasteiger partial charge in [-0.1, -0.05) is 17.8 Å². The molecule has 0 spiro atoms. The number of hydrogen-bond donors (Lipinski definition) is 1. The Morgan fingerprint density at radius 2 is 2.25 bits per heavy atom. The van der Waals surface area contributed by atoms with Gasteiger partial charge in [-0.25, -0.2) is 4.39 Å². The molecular weight excluding hydrogens is 245 g/mol. The summed E-state index contributed by atoms with van der Waals surface area (Å²) in [6.07, 6.45) is 0. The number of benzene rings is 1. The lowest BCUT2D eigenvalue weighted by Crippen LogP contribution is -1.94. The van der Waals surface area contributed by atoms with Crippen molar-refractivity contribution in [2.24, 2.45) is 0 Å². The van der Waals surface area contributed by atoms with Gasteiger partial charge >= 0.3 is 0 Å². The number of nitrogens with two attached hydrogens (primary N) is 1. The second-order valence-corrected chi connectivity index (χ2v) is 5.35. The van der Waals surface area contributed by atoms with Crippen LogP contribution in [0.5, 0.6) is 5.75 Å². The van der Waals surface area contributed by atoms with Gasteiger partial charge in [-0.2, -0.15) is 0 Å². The number of ether oxygens (including phenoxy) is 1. The van der Waals surface area contributed by atoms with Gasteiger partial charge in [0.2, 0.25) is 0 Å². The molecule has 1 heterocycles. The summed E-state index contributed by atoms with van der Waals surface area (Å²) < 4.78 is 19.3. The standard InChI is InChI=1S/C11H10FNOS2/c1-14-9-6-10(8(13)5-7(9)12)16-11-3-2-4-15-11/h2-6H,13H2,1H3. The lowest BCUT2D eigenvalue weighted by molar-refractivity contribution is 0.385. The minimum absolute atomic E-state index is 0.216. The van der Waals surface area contributed by atoms with E-state index in [1.807, 2.05) is 17.5 Å². The summed E-state index contributed by atoms with van der Waals surface area (Å²) in [7, 11) is 1.44. The van der Waals surface area contributed by atoms with E-state index in [1.165, 1.54) is 24.9 Å². The molecule has 0 aliphatic rings. The van der Waals surface area contributed by atoms with Gasteiger partial charge in [0, 0.05) is 16.6 Å². The summed E-state index contributed by atoms with van der Waals surface area (Å²) in [4.78, 5) is 0.806. The molecule has 1 aromatic heterocycles. The molecule has 0 fully saturated rings. The van der Waals surface area contributed by atoms with Crippen molar-refractivity contribution in [3.8, 4) is 5.75 Å². The van der Waals surface area contributed by atoms with Crippen LogP contribution in [0.25, 0.3) is 0 Å². The molecule has 0 saturated carbocycles. The number of nitrogen functional groups attached to an aromatic ring is 1. The highest BCUT2D eigenvalue weighted by molar-refractivity contribution is 8.01. The van der Waals surface area contributed by atoms with Crippen molar-refractivity contribution >= 4 is 28.8 Å². The Balaban J connectivity index is 2.33. The van der Waals surface area contributed by atoms with Gasteiger partial charge in [-0.05, 0) is 17.5 Å². The smallest absolute Gasteiger partial charge is 0.167 e. The molecule has 5 heteroatoms. The highest BCUT2D eigenvalue weighted by Gasteiger charge is 2.09. The summed E-state index contributed by atoms with van der Waals surface area (Å²) in [6, 6.07) is 6.86. The molecule has 2 rings (SSSR count). The second-order valence-electron chi connectivity index (χ2n) is 3.06. The van der Waals surface area contributed by atoms with Gasteiger partial charge in [0.1, 0.15) is 0 Å². The van der Waals surface area contributed by atoms with Gasteiger partial charge in [0.05, 0.1) is 11.3 Å². The van der Waals surface area contributed by atoms with Gasteiger partial charge in [0.25, 0.3) is 0 Å². The molecule has 0 bridgehead atoms. The maximum Gasteiger partial charge on any atom is 0.167 e. The van der Waals surface area contributed by atoms with Crippen LogP contribution in [-0.4, -0.2) is 7.11 Å². The lowest BCUT2D eigenvalue weighted by Gasteiger charge is -2.07. The first-order chi connectivity index (χ1) is 7.70. The first-order valence-corrected chi connectivity index (χ1v) is 6.24. The van der Waals surface area contributed by atoms with Crippen molar-refractivity contribution in [1.29, 1.82) is 0 Å². The third-order valence-electron chi connectivity index (χ3n) is 1.99. The van der Waals surface area contributed by atoms with E-state index >= 15 is 0 Å². The second kappa shape index (κ2) is 4.76. The molecule has 0 unspecified atom stereocenters. The van der Waals surface area contributed by atoms with E-state index in [0.29, 0.717) is 5.69 Å². The maximum atomic E-state index is 13.3. The van der Waals surface area contributed by atoms with E-state index in [2.05, 4.69) is 0 Å². The van der Waals surface area contributed by atoms with Crippen LogP contribution in [-0.2, 0) is 0 Å². The predicted molar refractivity (Wildman–Crippen MR) is 65.8 cm³/mol. The Labute approximate surface area is 101 Å². The molecule has 84 valence electrons. The topological polar surface area (TPSA) is 35.2 Å². The molecule has 2 nitrogen and oxygen atoms in total. The van der Waals surface area contributed by atoms with Crippen LogP contribution in [0.3, 0.4) is 0 Å². The third-order valence-corrected chi connectivity index (χ3v) is 4.10. The van der Waals surface area contributed by atoms with Crippen LogP contribution in [0.4, 0.5) is 10.1 Å². The summed E-state index contributed by atoms with van der Waals surface area (Å²) in [5, 5.41) is 1.99. The number of methoxy groups -OCH3 is 1. The summed E-state index contributed by atoms with van der Waals surface area (Å²) in [6.45, 7) is 0. The number of thiophene rings is 1. The average molecular weight is 255 g/mol. The Bertz CT molecular complexity index is 485. The Hall–Kier alpha value is -1.20. The van der Waals surface area contributed by atoms with Gasteiger partial charge in [-0.3, -0.25) is 0 Å². The average Bonchev–Trinajstić information content (AvgIpc) is 2.75. The molecule has 1 aromatic carbocycles. The molecule has 0 aliphatic carbocycles. The first kappa shape index (κ1) is 11.3. The van der Waals surface area contributed by atoms with E-state index in [0.717, 1.165) is 9.10 Å². The Kier molecular flexibility index (Phi) is 3.36. The monoisotopic (exact) mass is 255 g/mol. The van der Waals surface area contributed by atoms with Crippen LogP contribution in [0.15, 0.2) is 38.8 Å². The van der Waals surface area contributed by atoms with Gasteiger partial charge in [-0.15, -0.1) is 11.3 Å². The third kappa shape index (κ3) is 2.31. The van der Waals surface area contributed by atoms with Crippen LogP contribution in [0.1, 0.15) is 0 Å².